The number of alkyl halides is 3. The maximum atomic E-state index is 14.1. The summed E-state index contributed by atoms with van der Waals surface area (Å²) in [7, 11) is 1.65. The minimum absolute atomic E-state index is 0.0675. The number of aliphatic hydroxyl groups excluding tert-OH is 1. The van der Waals surface area contributed by atoms with E-state index in [1.807, 2.05) is 17.0 Å². The summed E-state index contributed by atoms with van der Waals surface area (Å²) in [6, 6.07) is 16.7. The van der Waals surface area contributed by atoms with Crippen molar-refractivity contribution < 1.29 is 27.8 Å². The molecule has 1 saturated heterocycles. The molecule has 2 fully saturated rings. The van der Waals surface area contributed by atoms with Gasteiger partial charge in [0, 0.05) is 31.7 Å². The number of hydrogen-bond donors (Lipinski definition) is 1. The van der Waals surface area contributed by atoms with Crippen molar-refractivity contribution in [2.24, 2.45) is 11.3 Å². The Morgan fingerprint density at radius 3 is 2.17 bits per heavy atom. The van der Waals surface area contributed by atoms with Crippen molar-refractivity contribution in [2.45, 2.75) is 102 Å². The molecule has 0 radical (unpaired) electrons. The van der Waals surface area contributed by atoms with Crippen LogP contribution >= 0.6 is 0 Å². The van der Waals surface area contributed by atoms with Gasteiger partial charge in [0.05, 0.1) is 18.1 Å². The Morgan fingerprint density at radius 1 is 0.976 bits per heavy atom. The lowest BCUT2D eigenvalue weighted by molar-refractivity contribution is -0.217. The lowest BCUT2D eigenvalue weighted by atomic mass is 9.67. The Labute approximate surface area is 250 Å². The van der Waals surface area contributed by atoms with Crippen LogP contribution in [0.15, 0.2) is 48.5 Å². The van der Waals surface area contributed by atoms with Gasteiger partial charge in [-0.05, 0) is 120 Å². The number of hydrogen-bond acceptors (Lipinski definition) is 4. The first-order valence-electron chi connectivity index (χ1n) is 15.5. The van der Waals surface area contributed by atoms with Crippen molar-refractivity contribution in [3.8, 4) is 5.75 Å². The second kappa shape index (κ2) is 13.3. The van der Waals surface area contributed by atoms with Gasteiger partial charge in [-0.15, -0.1) is 0 Å². The average Bonchev–Trinajstić information content (AvgIpc) is 2.95. The minimum atomic E-state index is -4.29. The van der Waals surface area contributed by atoms with Gasteiger partial charge in [-0.3, -0.25) is 4.90 Å². The molecule has 234 valence electrons. The summed E-state index contributed by atoms with van der Waals surface area (Å²) < 4.78 is 53.7. The highest BCUT2D eigenvalue weighted by molar-refractivity contribution is 5.33. The molecule has 0 unspecified atom stereocenters. The highest BCUT2D eigenvalue weighted by atomic mass is 19.4. The number of ether oxygens (including phenoxy) is 2. The molecule has 2 aliphatic rings. The third-order valence-corrected chi connectivity index (χ3v) is 9.80. The molecule has 2 aromatic rings. The Bertz CT molecular complexity index is 1120. The van der Waals surface area contributed by atoms with Crippen molar-refractivity contribution in [3.63, 3.8) is 0 Å². The first kappa shape index (κ1) is 32.8. The number of nitrogens with zero attached hydrogens (tertiary/aromatic N) is 1. The Balaban J connectivity index is 1.54. The lowest BCUT2D eigenvalue weighted by Crippen LogP contribution is -2.47. The summed E-state index contributed by atoms with van der Waals surface area (Å²) in [6.07, 6.45) is 2.31. The molecule has 1 saturated carbocycles. The van der Waals surface area contributed by atoms with E-state index in [1.165, 1.54) is 25.0 Å². The van der Waals surface area contributed by atoms with E-state index in [-0.39, 0.29) is 24.2 Å². The topological polar surface area (TPSA) is 41.9 Å². The molecule has 4 rings (SSSR count). The standard InChI is InChI=1S/C35H50F3NO3/c1-32(2,35(36,37)38)25-39(22-26-6-10-28(11-7-26)29-12-8-27(23-40)9-13-29)20-18-34(19-21-42-33(3,4)24-34)30-14-16-31(41-5)17-15-30/h6-7,10-11,14-17,27,29,40H,8-9,12-13,18-25H2,1-5H3/t27?,29?,34-/m1/s1. The van der Waals surface area contributed by atoms with Crippen LogP contribution in [0, 0.1) is 11.3 Å². The summed E-state index contributed by atoms with van der Waals surface area (Å²) in [5.74, 6) is 1.69. The van der Waals surface area contributed by atoms with Gasteiger partial charge in [-0.1, -0.05) is 36.4 Å². The summed E-state index contributed by atoms with van der Waals surface area (Å²) in [5, 5.41) is 9.47. The molecule has 0 amide bonds. The highest BCUT2D eigenvalue weighted by Crippen LogP contribution is 2.45. The van der Waals surface area contributed by atoms with E-state index in [9.17, 15) is 18.3 Å². The molecule has 1 atom stereocenters. The van der Waals surface area contributed by atoms with Crippen molar-refractivity contribution in [3.05, 3.63) is 65.2 Å². The van der Waals surface area contributed by atoms with E-state index in [4.69, 9.17) is 9.47 Å². The molecule has 1 aliphatic heterocycles. The maximum Gasteiger partial charge on any atom is 0.395 e. The van der Waals surface area contributed by atoms with E-state index < -0.39 is 11.6 Å². The van der Waals surface area contributed by atoms with Gasteiger partial charge in [0.2, 0.25) is 0 Å². The largest absolute Gasteiger partial charge is 0.497 e. The zero-order valence-corrected chi connectivity index (χ0v) is 26.1. The van der Waals surface area contributed by atoms with Gasteiger partial charge < -0.3 is 14.6 Å². The summed E-state index contributed by atoms with van der Waals surface area (Å²) >= 11 is 0. The summed E-state index contributed by atoms with van der Waals surface area (Å²) in [4.78, 5) is 2.00. The average molecular weight is 590 g/mol. The van der Waals surface area contributed by atoms with Crippen LogP contribution in [0.25, 0.3) is 0 Å². The van der Waals surface area contributed by atoms with Crippen LogP contribution in [0.2, 0.25) is 0 Å². The predicted molar refractivity (Wildman–Crippen MR) is 162 cm³/mol. The number of methoxy groups -OCH3 is 1. The fourth-order valence-electron chi connectivity index (χ4n) is 7.09. The molecule has 0 spiro atoms. The Morgan fingerprint density at radius 2 is 1.62 bits per heavy atom. The Hall–Kier alpha value is -2.09. The van der Waals surface area contributed by atoms with Crippen molar-refractivity contribution >= 4 is 0 Å². The molecular weight excluding hydrogens is 539 g/mol. The third kappa shape index (κ3) is 8.09. The van der Waals surface area contributed by atoms with Gasteiger partial charge in [0.25, 0.3) is 0 Å². The number of benzene rings is 2. The van der Waals surface area contributed by atoms with Crippen LogP contribution in [-0.2, 0) is 16.7 Å². The second-order valence-corrected chi connectivity index (χ2v) is 14.0. The molecule has 1 N–H and O–H groups in total. The fourth-order valence-corrected chi connectivity index (χ4v) is 7.09. The first-order valence-corrected chi connectivity index (χ1v) is 15.5. The molecule has 7 heteroatoms. The molecule has 42 heavy (non-hydrogen) atoms. The zero-order chi connectivity index (χ0) is 30.6. The van der Waals surface area contributed by atoms with Crippen molar-refractivity contribution in [1.82, 2.24) is 4.90 Å². The number of halogens is 3. The van der Waals surface area contributed by atoms with E-state index in [2.05, 4.69) is 50.2 Å². The highest BCUT2D eigenvalue weighted by Gasteiger charge is 2.48. The van der Waals surface area contributed by atoms with E-state index in [0.717, 1.165) is 56.3 Å². The normalized spacial score (nSPS) is 25.0. The van der Waals surface area contributed by atoms with Crippen molar-refractivity contribution in [2.75, 3.05) is 33.4 Å². The summed E-state index contributed by atoms with van der Waals surface area (Å²) in [6.45, 7) is 8.66. The third-order valence-electron chi connectivity index (χ3n) is 9.80. The number of rotatable bonds is 11. The van der Waals surface area contributed by atoms with Gasteiger partial charge in [0.1, 0.15) is 5.75 Å². The molecule has 4 nitrogen and oxygen atoms in total. The maximum absolute atomic E-state index is 14.1. The van der Waals surface area contributed by atoms with Crippen LogP contribution in [0.4, 0.5) is 13.2 Å². The van der Waals surface area contributed by atoms with Gasteiger partial charge in [-0.25, -0.2) is 0 Å². The molecule has 1 aliphatic carbocycles. The van der Waals surface area contributed by atoms with Gasteiger partial charge in [0.15, 0.2) is 0 Å². The van der Waals surface area contributed by atoms with Gasteiger partial charge in [-0.2, -0.15) is 13.2 Å². The smallest absolute Gasteiger partial charge is 0.395 e. The Kier molecular flexibility index (Phi) is 10.4. The van der Waals surface area contributed by atoms with Crippen LogP contribution in [0.1, 0.15) is 95.2 Å². The lowest BCUT2D eigenvalue weighted by Gasteiger charge is -2.46. The van der Waals surface area contributed by atoms with Crippen LogP contribution < -0.4 is 4.74 Å². The van der Waals surface area contributed by atoms with Crippen LogP contribution in [0.3, 0.4) is 0 Å². The van der Waals surface area contributed by atoms with Crippen molar-refractivity contribution in [1.29, 1.82) is 0 Å². The minimum Gasteiger partial charge on any atom is -0.497 e. The van der Waals surface area contributed by atoms with Crippen LogP contribution in [-0.4, -0.2) is 55.2 Å². The first-order chi connectivity index (χ1) is 19.8. The molecule has 0 aromatic heterocycles. The quantitative estimate of drug-likeness (QED) is 0.287. The predicted octanol–water partition coefficient (Wildman–Crippen LogP) is 8.27. The molecular formula is C35H50F3NO3. The van der Waals surface area contributed by atoms with Crippen LogP contribution in [0.5, 0.6) is 5.75 Å². The second-order valence-electron chi connectivity index (χ2n) is 14.0. The molecule has 0 bridgehead atoms. The molecule has 2 aromatic carbocycles. The van der Waals surface area contributed by atoms with E-state index in [1.54, 1.807) is 7.11 Å². The monoisotopic (exact) mass is 589 g/mol. The summed E-state index contributed by atoms with van der Waals surface area (Å²) in [5.41, 5.74) is 1.16. The SMILES string of the molecule is COc1ccc([C@]2(CCN(Cc3ccc(C4CCC(CO)CC4)cc3)CC(C)(C)C(F)(F)F)CCOC(C)(C)C2)cc1. The van der Waals surface area contributed by atoms with Gasteiger partial charge >= 0.3 is 6.18 Å². The zero-order valence-electron chi connectivity index (χ0n) is 26.1. The fraction of sp³-hybridized carbons (Fsp3) is 0.657. The molecule has 1 heterocycles. The van der Waals surface area contributed by atoms with E-state index >= 15 is 0 Å². The number of aliphatic hydroxyl groups is 1. The van der Waals surface area contributed by atoms with E-state index in [0.29, 0.717) is 31.5 Å².